The summed E-state index contributed by atoms with van der Waals surface area (Å²) in [6.45, 7) is 2.11. The SMILES string of the molecule is CC(Cc1nnc(SCC(=O)Nc2ccc(C(=O)N(C)C)cc2)o1)c1ccccc1. The largest absolute Gasteiger partial charge is 0.416 e. The number of aromatic nitrogens is 2. The summed E-state index contributed by atoms with van der Waals surface area (Å²) in [5.74, 6) is 0.681. The highest BCUT2D eigenvalue weighted by molar-refractivity contribution is 7.99. The van der Waals surface area contributed by atoms with E-state index in [-0.39, 0.29) is 23.5 Å². The standard InChI is InChI=1S/C22H24N4O3S/c1-15(16-7-5-4-6-8-16)13-20-24-25-22(29-20)30-14-19(27)23-18-11-9-17(10-12-18)21(28)26(2)3/h4-12,15H,13-14H2,1-3H3,(H,23,27). The van der Waals surface area contributed by atoms with E-state index in [4.69, 9.17) is 4.42 Å². The number of benzene rings is 2. The molecule has 156 valence electrons. The van der Waals surface area contributed by atoms with E-state index in [0.717, 1.165) is 0 Å². The maximum atomic E-state index is 12.2. The molecule has 2 amide bonds. The van der Waals surface area contributed by atoms with Crippen LogP contribution in [0.1, 0.15) is 34.7 Å². The second-order valence-electron chi connectivity index (χ2n) is 7.09. The third-order valence-electron chi connectivity index (χ3n) is 4.45. The Kier molecular flexibility index (Phi) is 7.24. The van der Waals surface area contributed by atoms with Gasteiger partial charge in [-0.05, 0) is 35.7 Å². The van der Waals surface area contributed by atoms with Gasteiger partial charge in [-0.1, -0.05) is 49.0 Å². The molecule has 2 aromatic carbocycles. The first-order chi connectivity index (χ1) is 14.4. The second-order valence-corrected chi connectivity index (χ2v) is 8.02. The molecule has 1 aromatic heterocycles. The molecular weight excluding hydrogens is 400 g/mol. The van der Waals surface area contributed by atoms with Crippen molar-refractivity contribution in [2.24, 2.45) is 0 Å². The molecule has 3 rings (SSSR count). The second kappa shape index (κ2) is 10.1. The zero-order valence-corrected chi connectivity index (χ0v) is 18.0. The third-order valence-corrected chi connectivity index (χ3v) is 5.26. The number of anilines is 1. The van der Waals surface area contributed by atoms with Crippen molar-refractivity contribution < 1.29 is 14.0 Å². The molecule has 7 nitrogen and oxygen atoms in total. The zero-order chi connectivity index (χ0) is 21.5. The van der Waals surface area contributed by atoms with Crippen LogP contribution in [0.5, 0.6) is 0 Å². The molecule has 0 aliphatic heterocycles. The summed E-state index contributed by atoms with van der Waals surface area (Å²) in [6, 6.07) is 16.9. The quantitative estimate of drug-likeness (QED) is 0.553. The minimum atomic E-state index is -0.191. The van der Waals surface area contributed by atoms with Gasteiger partial charge < -0.3 is 14.6 Å². The maximum Gasteiger partial charge on any atom is 0.277 e. The Morgan fingerprint density at radius 3 is 2.43 bits per heavy atom. The number of nitrogens with zero attached hydrogens (tertiary/aromatic N) is 3. The van der Waals surface area contributed by atoms with E-state index in [1.54, 1.807) is 38.4 Å². The van der Waals surface area contributed by atoms with Crippen molar-refractivity contribution in [2.75, 3.05) is 25.2 Å². The van der Waals surface area contributed by atoms with E-state index in [1.807, 2.05) is 18.2 Å². The first kappa shape index (κ1) is 21.6. The van der Waals surface area contributed by atoms with Crippen molar-refractivity contribution >= 4 is 29.3 Å². The average molecular weight is 425 g/mol. The minimum Gasteiger partial charge on any atom is -0.416 e. The topological polar surface area (TPSA) is 88.3 Å². The lowest BCUT2D eigenvalue weighted by Crippen LogP contribution is -2.21. The van der Waals surface area contributed by atoms with Crippen LogP contribution in [0.3, 0.4) is 0 Å². The molecule has 3 aromatic rings. The average Bonchev–Trinajstić information content (AvgIpc) is 3.20. The number of hydrogen-bond donors (Lipinski definition) is 1. The molecule has 1 atom stereocenters. The van der Waals surface area contributed by atoms with Crippen molar-refractivity contribution in [1.82, 2.24) is 15.1 Å². The van der Waals surface area contributed by atoms with Crippen molar-refractivity contribution in [3.8, 4) is 0 Å². The fraction of sp³-hybridized carbons (Fsp3) is 0.273. The Balaban J connectivity index is 1.48. The Hall–Kier alpha value is -3.13. The number of carbonyl (C=O) groups is 2. The lowest BCUT2D eigenvalue weighted by molar-refractivity contribution is -0.113. The highest BCUT2D eigenvalue weighted by atomic mass is 32.2. The molecule has 1 heterocycles. The molecule has 0 fully saturated rings. The summed E-state index contributed by atoms with van der Waals surface area (Å²) in [4.78, 5) is 25.6. The summed E-state index contributed by atoms with van der Waals surface area (Å²) >= 11 is 1.19. The van der Waals surface area contributed by atoms with E-state index in [9.17, 15) is 9.59 Å². The van der Waals surface area contributed by atoms with Gasteiger partial charge in [0, 0.05) is 31.8 Å². The summed E-state index contributed by atoms with van der Waals surface area (Å²) in [5, 5.41) is 11.3. The minimum absolute atomic E-state index is 0.0859. The fourth-order valence-electron chi connectivity index (χ4n) is 2.82. The highest BCUT2D eigenvalue weighted by Crippen LogP contribution is 2.22. The normalized spacial score (nSPS) is 11.7. The monoisotopic (exact) mass is 424 g/mol. The lowest BCUT2D eigenvalue weighted by atomic mass is 9.98. The number of thioether (sulfide) groups is 1. The first-order valence-corrected chi connectivity index (χ1v) is 10.5. The van der Waals surface area contributed by atoms with Crippen LogP contribution in [0.2, 0.25) is 0 Å². The van der Waals surface area contributed by atoms with Crippen LogP contribution in [0.15, 0.2) is 64.2 Å². The molecule has 0 saturated heterocycles. The predicted octanol–water partition coefficient (Wildman–Crippen LogP) is 3.85. The highest BCUT2D eigenvalue weighted by Gasteiger charge is 2.14. The van der Waals surface area contributed by atoms with Gasteiger partial charge in [-0.3, -0.25) is 9.59 Å². The third kappa shape index (κ3) is 5.93. The Bertz CT molecular complexity index is 987. The predicted molar refractivity (Wildman–Crippen MR) is 117 cm³/mol. The number of rotatable bonds is 8. The van der Waals surface area contributed by atoms with Crippen molar-refractivity contribution in [1.29, 1.82) is 0 Å². The van der Waals surface area contributed by atoms with Gasteiger partial charge in [0.2, 0.25) is 11.8 Å². The molecule has 1 N–H and O–H groups in total. The van der Waals surface area contributed by atoms with E-state index < -0.39 is 0 Å². The molecule has 0 radical (unpaired) electrons. The molecule has 1 unspecified atom stereocenters. The summed E-state index contributed by atoms with van der Waals surface area (Å²) < 4.78 is 5.66. The molecule has 30 heavy (non-hydrogen) atoms. The van der Waals surface area contributed by atoms with Crippen molar-refractivity contribution in [3.05, 3.63) is 71.6 Å². The smallest absolute Gasteiger partial charge is 0.277 e. The van der Waals surface area contributed by atoms with E-state index >= 15 is 0 Å². The van der Waals surface area contributed by atoms with Crippen LogP contribution < -0.4 is 5.32 Å². The van der Waals surface area contributed by atoms with Crippen molar-refractivity contribution in [3.63, 3.8) is 0 Å². The van der Waals surface area contributed by atoms with Gasteiger partial charge in [-0.15, -0.1) is 10.2 Å². The van der Waals surface area contributed by atoms with Crippen molar-refractivity contribution in [2.45, 2.75) is 24.5 Å². The van der Waals surface area contributed by atoms with Gasteiger partial charge in [0.25, 0.3) is 11.1 Å². The zero-order valence-electron chi connectivity index (χ0n) is 17.2. The number of carbonyl (C=O) groups excluding carboxylic acids is 2. The Morgan fingerprint density at radius 2 is 1.77 bits per heavy atom. The maximum absolute atomic E-state index is 12.2. The lowest BCUT2D eigenvalue weighted by Gasteiger charge is -2.10. The van der Waals surface area contributed by atoms with Crippen LogP contribution in [0.4, 0.5) is 5.69 Å². The van der Waals surface area contributed by atoms with Crippen LogP contribution in [-0.2, 0) is 11.2 Å². The van der Waals surface area contributed by atoms with Gasteiger partial charge in [0.1, 0.15) is 0 Å². The van der Waals surface area contributed by atoms with Crippen LogP contribution in [-0.4, -0.2) is 46.8 Å². The molecule has 0 aliphatic carbocycles. The summed E-state index contributed by atoms with van der Waals surface area (Å²) in [6.07, 6.45) is 0.641. The van der Waals surface area contributed by atoms with E-state index in [2.05, 4.69) is 34.6 Å². The van der Waals surface area contributed by atoms with Crippen LogP contribution >= 0.6 is 11.8 Å². The van der Waals surface area contributed by atoms with Gasteiger partial charge in [0.05, 0.1) is 5.75 Å². The van der Waals surface area contributed by atoms with Gasteiger partial charge >= 0.3 is 0 Å². The van der Waals surface area contributed by atoms with Gasteiger partial charge in [-0.25, -0.2) is 0 Å². The molecule has 0 aliphatic rings. The molecule has 0 spiro atoms. The Morgan fingerprint density at radius 1 is 1.07 bits per heavy atom. The number of hydrogen-bond acceptors (Lipinski definition) is 6. The summed E-state index contributed by atoms with van der Waals surface area (Å²) in [5.41, 5.74) is 2.40. The van der Waals surface area contributed by atoms with E-state index in [1.165, 1.54) is 22.2 Å². The summed E-state index contributed by atoms with van der Waals surface area (Å²) in [7, 11) is 3.39. The molecule has 0 bridgehead atoms. The van der Waals surface area contributed by atoms with Crippen LogP contribution in [0.25, 0.3) is 0 Å². The molecule has 8 heteroatoms. The number of amides is 2. The fourth-order valence-corrected chi connectivity index (χ4v) is 3.40. The number of nitrogens with one attached hydrogen (secondary N) is 1. The Labute approximate surface area is 179 Å². The van der Waals surface area contributed by atoms with Crippen LogP contribution in [0, 0.1) is 0 Å². The van der Waals surface area contributed by atoms with Gasteiger partial charge in [-0.2, -0.15) is 0 Å². The molecule has 0 saturated carbocycles. The van der Waals surface area contributed by atoms with E-state index in [0.29, 0.717) is 28.8 Å². The first-order valence-electron chi connectivity index (χ1n) is 9.54. The molecular formula is C22H24N4O3S. The van der Waals surface area contributed by atoms with Gasteiger partial charge in [0.15, 0.2) is 0 Å².